The van der Waals surface area contributed by atoms with Crippen LogP contribution in [0.3, 0.4) is 0 Å². The second kappa shape index (κ2) is 4.41. The van der Waals surface area contributed by atoms with E-state index >= 15 is 0 Å². The lowest BCUT2D eigenvalue weighted by Gasteiger charge is -2.41. The van der Waals surface area contributed by atoms with Crippen molar-refractivity contribution in [3.8, 4) is 5.75 Å². The molecule has 0 aromatic heterocycles. The lowest BCUT2D eigenvalue weighted by atomic mass is 9.87. The summed E-state index contributed by atoms with van der Waals surface area (Å²) in [4.78, 5) is 0. The van der Waals surface area contributed by atoms with Gasteiger partial charge in [-0.1, -0.05) is 19.1 Å². The first kappa shape index (κ1) is 11.4. The predicted octanol–water partition coefficient (Wildman–Crippen LogP) is 0.946. The Bertz CT molecular complexity index is 370. The molecule has 88 valence electrons. The van der Waals surface area contributed by atoms with E-state index in [0.717, 1.165) is 12.2 Å². The van der Waals surface area contributed by atoms with Gasteiger partial charge in [-0.05, 0) is 23.6 Å². The minimum Gasteiger partial charge on any atom is -0.496 e. The summed E-state index contributed by atoms with van der Waals surface area (Å²) >= 11 is 0. The normalized spacial score (nSPS) is 17.9. The number of nitrogens with one attached hydrogen (secondary N) is 1. The van der Waals surface area contributed by atoms with Crippen molar-refractivity contribution in [2.75, 3.05) is 20.3 Å². The van der Waals surface area contributed by atoms with Crippen LogP contribution in [0.15, 0.2) is 18.2 Å². The molecule has 0 atom stereocenters. The lowest BCUT2D eigenvalue weighted by molar-refractivity contribution is -0.0787. The Labute approximate surface area is 95.7 Å². The minimum absolute atomic E-state index is 0.212. The van der Waals surface area contributed by atoms with Gasteiger partial charge in [0.2, 0.25) is 0 Å². The van der Waals surface area contributed by atoms with Crippen LogP contribution in [0.5, 0.6) is 5.75 Å². The van der Waals surface area contributed by atoms with Crippen LogP contribution in [-0.4, -0.2) is 20.3 Å². The number of aryl methyl sites for hydroxylation is 1. The summed E-state index contributed by atoms with van der Waals surface area (Å²) in [6.07, 6.45) is 0.943. The number of benzene rings is 1. The van der Waals surface area contributed by atoms with Gasteiger partial charge in [0.1, 0.15) is 11.3 Å². The Morgan fingerprint density at radius 2 is 2.25 bits per heavy atom. The highest BCUT2D eigenvalue weighted by Gasteiger charge is 2.39. The average molecular weight is 222 g/mol. The molecule has 2 rings (SSSR count). The number of nitrogens with two attached hydrogens (primary N) is 1. The van der Waals surface area contributed by atoms with Gasteiger partial charge in [-0.25, -0.2) is 5.43 Å². The van der Waals surface area contributed by atoms with E-state index in [4.69, 9.17) is 15.3 Å². The molecule has 1 aromatic rings. The first-order chi connectivity index (χ1) is 7.75. The zero-order valence-corrected chi connectivity index (χ0v) is 9.75. The fraction of sp³-hybridized carbons (Fsp3) is 0.500. The maximum atomic E-state index is 5.60. The molecular weight excluding hydrogens is 204 g/mol. The van der Waals surface area contributed by atoms with Crippen molar-refractivity contribution >= 4 is 0 Å². The molecule has 4 nitrogen and oxygen atoms in total. The lowest BCUT2D eigenvalue weighted by Crippen LogP contribution is -2.60. The van der Waals surface area contributed by atoms with Gasteiger partial charge in [-0.2, -0.15) is 0 Å². The largest absolute Gasteiger partial charge is 0.496 e. The van der Waals surface area contributed by atoms with Crippen LogP contribution in [-0.2, 0) is 16.7 Å². The fourth-order valence-corrected chi connectivity index (χ4v) is 1.99. The second-order valence-electron chi connectivity index (χ2n) is 4.10. The number of hydrogen-bond acceptors (Lipinski definition) is 4. The first-order valence-corrected chi connectivity index (χ1v) is 5.48. The van der Waals surface area contributed by atoms with E-state index in [1.54, 1.807) is 7.11 Å². The Hall–Kier alpha value is -1.10. The van der Waals surface area contributed by atoms with Crippen LogP contribution < -0.4 is 16.0 Å². The van der Waals surface area contributed by atoms with E-state index in [0.29, 0.717) is 13.2 Å². The maximum Gasteiger partial charge on any atom is 0.122 e. The fourth-order valence-electron chi connectivity index (χ4n) is 1.99. The molecule has 1 aliphatic rings. The van der Waals surface area contributed by atoms with Crippen molar-refractivity contribution in [3.05, 3.63) is 29.3 Å². The van der Waals surface area contributed by atoms with Gasteiger partial charge >= 0.3 is 0 Å². The maximum absolute atomic E-state index is 5.60. The third kappa shape index (κ3) is 1.69. The van der Waals surface area contributed by atoms with Gasteiger partial charge < -0.3 is 9.47 Å². The van der Waals surface area contributed by atoms with E-state index in [9.17, 15) is 0 Å². The number of methoxy groups -OCH3 is 1. The van der Waals surface area contributed by atoms with Crippen molar-refractivity contribution in [3.63, 3.8) is 0 Å². The molecule has 1 aliphatic heterocycles. The summed E-state index contributed by atoms with van der Waals surface area (Å²) in [7, 11) is 1.69. The summed E-state index contributed by atoms with van der Waals surface area (Å²) in [5.41, 5.74) is 5.00. The molecule has 0 aliphatic carbocycles. The van der Waals surface area contributed by atoms with Crippen LogP contribution in [0, 0.1) is 0 Å². The predicted molar refractivity (Wildman–Crippen MR) is 62.2 cm³/mol. The molecule has 0 spiro atoms. The summed E-state index contributed by atoms with van der Waals surface area (Å²) in [6, 6.07) is 6.17. The highest BCUT2D eigenvalue weighted by Crippen LogP contribution is 2.32. The Balaban J connectivity index is 2.35. The molecule has 0 unspecified atom stereocenters. The molecule has 4 heteroatoms. The van der Waals surface area contributed by atoms with E-state index in [1.165, 1.54) is 11.1 Å². The quantitative estimate of drug-likeness (QED) is 0.588. The number of ether oxygens (including phenoxy) is 2. The van der Waals surface area contributed by atoms with Crippen LogP contribution >= 0.6 is 0 Å². The number of rotatable bonds is 4. The summed E-state index contributed by atoms with van der Waals surface area (Å²) in [5.74, 6) is 6.53. The van der Waals surface area contributed by atoms with Crippen molar-refractivity contribution in [1.29, 1.82) is 0 Å². The molecule has 1 aromatic carbocycles. The molecule has 1 heterocycles. The van der Waals surface area contributed by atoms with E-state index in [-0.39, 0.29) is 5.54 Å². The molecular formula is C12H18N2O2. The van der Waals surface area contributed by atoms with Crippen LogP contribution in [0.1, 0.15) is 18.1 Å². The van der Waals surface area contributed by atoms with Crippen molar-refractivity contribution < 1.29 is 9.47 Å². The van der Waals surface area contributed by atoms with E-state index < -0.39 is 0 Å². The van der Waals surface area contributed by atoms with Crippen molar-refractivity contribution in [1.82, 2.24) is 5.43 Å². The number of hydrogen-bond donors (Lipinski definition) is 2. The summed E-state index contributed by atoms with van der Waals surface area (Å²) in [6.45, 7) is 3.36. The van der Waals surface area contributed by atoms with Crippen LogP contribution in [0.25, 0.3) is 0 Å². The zero-order chi connectivity index (χ0) is 11.6. The Kier molecular flexibility index (Phi) is 3.14. The minimum atomic E-state index is -0.212. The molecule has 16 heavy (non-hydrogen) atoms. The molecule has 0 amide bonds. The van der Waals surface area contributed by atoms with Crippen molar-refractivity contribution in [2.24, 2.45) is 5.84 Å². The van der Waals surface area contributed by atoms with Crippen molar-refractivity contribution in [2.45, 2.75) is 18.9 Å². The van der Waals surface area contributed by atoms with Gasteiger partial charge in [-0.3, -0.25) is 5.84 Å². The highest BCUT2D eigenvalue weighted by molar-refractivity contribution is 5.40. The summed E-state index contributed by atoms with van der Waals surface area (Å²) < 4.78 is 10.5. The first-order valence-electron chi connectivity index (χ1n) is 5.48. The summed E-state index contributed by atoms with van der Waals surface area (Å²) in [5, 5.41) is 0. The van der Waals surface area contributed by atoms with E-state index in [2.05, 4.69) is 18.4 Å². The smallest absolute Gasteiger partial charge is 0.122 e. The zero-order valence-electron chi connectivity index (χ0n) is 9.75. The SMILES string of the molecule is CCc1cc(C2(NN)COC2)ccc1OC. The van der Waals surface area contributed by atoms with E-state index in [1.807, 2.05) is 12.1 Å². The third-order valence-corrected chi connectivity index (χ3v) is 3.19. The topological polar surface area (TPSA) is 56.5 Å². The van der Waals surface area contributed by atoms with Crippen LogP contribution in [0.4, 0.5) is 0 Å². The van der Waals surface area contributed by atoms with Crippen LogP contribution in [0.2, 0.25) is 0 Å². The van der Waals surface area contributed by atoms with Gasteiger partial charge in [-0.15, -0.1) is 0 Å². The monoisotopic (exact) mass is 222 g/mol. The number of hydrazine groups is 1. The van der Waals surface area contributed by atoms with Gasteiger partial charge in [0, 0.05) is 0 Å². The van der Waals surface area contributed by atoms with Gasteiger partial charge in [0.15, 0.2) is 0 Å². The standard InChI is InChI=1S/C12H18N2O2/c1-3-9-6-10(4-5-11(9)15-2)12(14-13)7-16-8-12/h4-6,14H,3,7-8,13H2,1-2H3. The third-order valence-electron chi connectivity index (χ3n) is 3.19. The molecule has 0 bridgehead atoms. The molecule has 0 saturated carbocycles. The second-order valence-corrected chi connectivity index (χ2v) is 4.10. The average Bonchev–Trinajstić information content (AvgIpc) is 2.28. The van der Waals surface area contributed by atoms with Gasteiger partial charge in [0.05, 0.1) is 20.3 Å². The molecule has 1 saturated heterocycles. The molecule has 3 N–H and O–H groups in total. The van der Waals surface area contributed by atoms with Gasteiger partial charge in [0.25, 0.3) is 0 Å². The molecule has 1 fully saturated rings. The highest BCUT2D eigenvalue weighted by atomic mass is 16.5. The molecule has 0 radical (unpaired) electrons. The Morgan fingerprint density at radius 1 is 1.50 bits per heavy atom. The Morgan fingerprint density at radius 3 is 2.69 bits per heavy atom.